The Labute approximate surface area is 157 Å². The minimum atomic E-state index is -1.24. The normalized spacial score (nSPS) is 16.6. The number of hydrogen-bond acceptors (Lipinski definition) is 5. The summed E-state index contributed by atoms with van der Waals surface area (Å²) in [4.78, 5) is 24.1. The lowest BCUT2D eigenvalue weighted by molar-refractivity contribution is -0.152. The highest BCUT2D eigenvalue weighted by Gasteiger charge is 2.36. The van der Waals surface area contributed by atoms with Gasteiger partial charge in [0, 0.05) is 10.2 Å². The summed E-state index contributed by atoms with van der Waals surface area (Å²) in [6, 6.07) is 14.2. The molecule has 0 saturated carbocycles. The molecule has 0 fully saturated rings. The molecule has 1 aliphatic rings. The van der Waals surface area contributed by atoms with E-state index in [1.807, 2.05) is 31.2 Å². The molecule has 128 valence electrons. The van der Waals surface area contributed by atoms with E-state index in [2.05, 4.69) is 21.2 Å². The van der Waals surface area contributed by atoms with Gasteiger partial charge in [0.1, 0.15) is 5.70 Å². The molecule has 0 saturated heterocycles. The van der Waals surface area contributed by atoms with Gasteiger partial charge in [-0.25, -0.2) is 9.59 Å². The number of esters is 2. The Bertz CT molecular complexity index is 864. The highest BCUT2D eigenvalue weighted by atomic mass is 79.9. The Morgan fingerprint density at radius 3 is 2.56 bits per heavy atom. The largest absolute Gasteiger partial charge is 0.415 e. The summed E-state index contributed by atoms with van der Waals surface area (Å²) in [5.41, 5.74) is 2.28. The van der Waals surface area contributed by atoms with Crippen molar-refractivity contribution < 1.29 is 19.1 Å². The third-order valence-electron chi connectivity index (χ3n) is 3.50. The van der Waals surface area contributed by atoms with Crippen molar-refractivity contribution in [3.05, 3.63) is 74.9 Å². The number of hydrogen-bond donors (Lipinski definition) is 1. The maximum absolute atomic E-state index is 12.3. The van der Waals surface area contributed by atoms with Crippen molar-refractivity contribution in [2.24, 2.45) is 0 Å². The molecule has 0 radical (unpaired) electrons. The summed E-state index contributed by atoms with van der Waals surface area (Å²) in [5, 5.41) is 2.84. The number of benzene rings is 2. The van der Waals surface area contributed by atoms with E-state index in [0.29, 0.717) is 15.7 Å². The van der Waals surface area contributed by atoms with Crippen LogP contribution in [0.5, 0.6) is 0 Å². The lowest BCUT2D eigenvalue weighted by atomic mass is 10.2. The number of cyclic esters (lactones) is 1. The zero-order valence-corrected chi connectivity index (χ0v) is 15.4. The average molecular weight is 423 g/mol. The molecule has 1 N–H and O–H groups in total. The van der Waals surface area contributed by atoms with E-state index >= 15 is 0 Å². The summed E-state index contributed by atoms with van der Waals surface area (Å²) in [5.74, 6) is -1.39. The summed E-state index contributed by atoms with van der Waals surface area (Å²) in [6.07, 6.45) is -1.24. The van der Waals surface area contributed by atoms with Crippen LogP contribution in [0.4, 0.5) is 5.69 Å². The molecule has 5 nitrogen and oxygen atoms in total. The fourth-order valence-electron chi connectivity index (χ4n) is 2.20. The van der Waals surface area contributed by atoms with Crippen LogP contribution in [-0.4, -0.2) is 18.2 Å². The number of carbonyl (C=O) groups is 2. The van der Waals surface area contributed by atoms with Crippen LogP contribution >= 0.6 is 27.5 Å². The average Bonchev–Trinajstić information content (AvgIpc) is 2.84. The van der Waals surface area contributed by atoms with Crippen molar-refractivity contribution in [2.75, 3.05) is 5.32 Å². The molecule has 0 spiro atoms. The van der Waals surface area contributed by atoms with Crippen molar-refractivity contribution >= 4 is 45.2 Å². The van der Waals surface area contributed by atoms with Crippen molar-refractivity contribution in [3.63, 3.8) is 0 Å². The second kappa shape index (κ2) is 7.29. The SMILES string of the molecule is Cc1ccc(NC2=C(Cl)C(=O)O[C@@H]2OC(=O)c2ccccc2Br)cc1. The Hall–Kier alpha value is -2.31. The molecule has 0 unspecified atom stereocenters. The van der Waals surface area contributed by atoms with Crippen LogP contribution in [0.2, 0.25) is 0 Å². The van der Waals surface area contributed by atoms with Crippen molar-refractivity contribution in [1.29, 1.82) is 0 Å². The number of anilines is 1. The third kappa shape index (κ3) is 3.86. The molecular formula is C18H13BrClNO4. The van der Waals surface area contributed by atoms with Gasteiger partial charge in [-0.05, 0) is 47.1 Å². The van der Waals surface area contributed by atoms with Crippen molar-refractivity contribution in [1.82, 2.24) is 0 Å². The van der Waals surface area contributed by atoms with Gasteiger partial charge in [0.25, 0.3) is 6.29 Å². The van der Waals surface area contributed by atoms with Crippen LogP contribution in [0.25, 0.3) is 0 Å². The fraction of sp³-hybridized carbons (Fsp3) is 0.111. The Morgan fingerprint density at radius 2 is 1.88 bits per heavy atom. The highest BCUT2D eigenvalue weighted by molar-refractivity contribution is 9.10. The molecular weight excluding hydrogens is 410 g/mol. The van der Waals surface area contributed by atoms with Gasteiger partial charge in [0.2, 0.25) is 0 Å². The molecule has 0 amide bonds. The number of ether oxygens (including phenoxy) is 2. The molecule has 2 aromatic rings. The van der Waals surface area contributed by atoms with Gasteiger partial charge in [-0.2, -0.15) is 0 Å². The van der Waals surface area contributed by atoms with Crippen LogP contribution in [0.15, 0.2) is 63.7 Å². The number of rotatable bonds is 4. The van der Waals surface area contributed by atoms with Gasteiger partial charge >= 0.3 is 11.9 Å². The van der Waals surface area contributed by atoms with E-state index < -0.39 is 18.2 Å². The van der Waals surface area contributed by atoms with Crippen LogP contribution in [0, 0.1) is 6.92 Å². The van der Waals surface area contributed by atoms with Crippen LogP contribution < -0.4 is 5.32 Å². The highest BCUT2D eigenvalue weighted by Crippen LogP contribution is 2.29. The van der Waals surface area contributed by atoms with E-state index in [9.17, 15) is 9.59 Å². The standard InChI is InChI=1S/C18H13BrClNO4/c1-10-6-8-11(9-7-10)21-15-14(20)17(23)25-18(15)24-16(22)12-4-2-3-5-13(12)19/h2-9,18,21H,1H3/t18-/m0/s1. The van der Waals surface area contributed by atoms with Crippen LogP contribution in [0.3, 0.4) is 0 Å². The van der Waals surface area contributed by atoms with Crippen molar-refractivity contribution in [3.8, 4) is 0 Å². The second-order valence-electron chi connectivity index (χ2n) is 5.34. The Balaban J connectivity index is 1.80. The minimum Gasteiger partial charge on any atom is -0.415 e. The predicted octanol–water partition coefficient (Wildman–Crippen LogP) is 4.36. The van der Waals surface area contributed by atoms with Crippen LogP contribution in [0.1, 0.15) is 15.9 Å². The van der Waals surface area contributed by atoms with Gasteiger partial charge < -0.3 is 14.8 Å². The van der Waals surface area contributed by atoms with E-state index in [4.69, 9.17) is 21.1 Å². The first-order chi connectivity index (χ1) is 12.0. The molecule has 1 heterocycles. The van der Waals surface area contributed by atoms with Gasteiger partial charge in [-0.1, -0.05) is 41.4 Å². The van der Waals surface area contributed by atoms with E-state index in [0.717, 1.165) is 5.56 Å². The first-order valence-corrected chi connectivity index (χ1v) is 8.52. The topological polar surface area (TPSA) is 64.6 Å². The minimum absolute atomic E-state index is 0.148. The molecule has 1 aliphatic heterocycles. The van der Waals surface area contributed by atoms with Gasteiger partial charge in [0.05, 0.1) is 5.56 Å². The monoisotopic (exact) mass is 421 g/mol. The number of halogens is 2. The maximum Gasteiger partial charge on any atom is 0.355 e. The first-order valence-electron chi connectivity index (χ1n) is 7.35. The molecule has 1 atom stereocenters. The fourth-order valence-corrected chi connectivity index (χ4v) is 2.83. The Kier molecular flexibility index (Phi) is 5.11. The quantitative estimate of drug-likeness (QED) is 0.742. The van der Waals surface area contributed by atoms with E-state index in [1.54, 1.807) is 24.3 Å². The molecule has 7 heteroatoms. The van der Waals surface area contributed by atoms with E-state index in [1.165, 1.54) is 0 Å². The van der Waals surface area contributed by atoms with E-state index in [-0.39, 0.29) is 10.7 Å². The summed E-state index contributed by atoms with van der Waals surface area (Å²) < 4.78 is 10.9. The number of carbonyl (C=O) groups excluding carboxylic acids is 2. The molecule has 2 aromatic carbocycles. The molecule has 3 rings (SSSR count). The number of nitrogens with one attached hydrogen (secondary N) is 1. The lowest BCUT2D eigenvalue weighted by Crippen LogP contribution is -2.24. The number of aryl methyl sites for hydroxylation is 1. The van der Waals surface area contributed by atoms with Crippen LogP contribution in [-0.2, 0) is 14.3 Å². The molecule has 25 heavy (non-hydrogen) atoms. The van der Waals surface area contributed by atoms with Gasteiger partial charge in [-0.15, -0.1) is 0 Å². The first kappa shape index (κ1) is 17.5. The van der Waals surface area contributed by atoms with Crippen molar-refractivity contribution in [2.45, 2.75) is 13.2 Å². The molecule has 0 bridgehead atoms. The van der Waals surface area contributed by atoms with Gasteiger partial charge in [0.15, 0.2) is 5.03 Å². The zero-order chi connectivity index (χ0) is 18.0. The maximum atomic E-state index is 12.3. The Morgan fingerprint density at radius 1 is 1.20 bits per heavy atom. The lowest BCUT2D eigenvalue weighted by Gasteiger charge is -2.16. The smallest absolute Gasteiger partial charge is 0.355 e. The third-order valence-corrected chi connectivity index (χ3v) is 4.55. The molecule has 0 aromatic heterocycles. The second-order valence-corrected chi connectivity index (χ2v) is 6.57. The predicted molar refractivity (Wildman–Crippen MR) is 97.1 cm³/mol. The summed E-state index contributed by atoms with van der Waals surface area (Å²) in [6.45, 7) is 1.96. The zero-order valence-electron chi connectivity index (χ0n) is 13.1. The summed E-state index contributed by atoms with van der Waals surface area (Å²) >= 11 is 9.29. The van der Waals surface area contributed by atoms with Gasteiger partial charge in [-0.3, -0.25) is 0 Å². The summed E-state index contributed by atoms with van der Waals surface area (Å²) in [7, 11) is 0. The molecule has 0 aliphatic carbocycles.